The molecular formula is C21H38O4. The van der Waals surface area contributed by atoms with Crippen LogP contribution in [0.2, 0.25) is 0 Å². The maximum Gasteiger partial charge on any atom is 0.334 e. The fourth-order valence-electron chi connectivity index (χ4n) is 2.46. The smallest absolute Gasteiger partial charge is 0.334 e. The zero-order valence-electron chi connectivity index (χ0n) is 16.8. The van der Waals surface area contributed by atoms with Crippen LogP contribution >= 0.6 is 0 Å². The molecule has 0 atom stereocenters. The van der Waals surface area contributed by atoms with Crippen molar-refractivity contribution in [2.75, 3.05) is 13.2 Å². The fourth-order valence-corrected chi connectivity index (χ4v) is 2.46. The van der Waals surface area contributed by atoms with Crippen LogP contribution in [0.15, 0.2) is 11.1 Å². The van der Waals surface area contributed by atoms with E-state index in [1.165, 1.54) is 25.7 Å². The highest BCUT2D eigenvalue weighted by Crippen LogP contribution is 2.18. The third-order valence-corrected chi connectivity index (χ3v) is 4.25. The van der Waals surface area contributed by atoms with Gasteiger partial charge in [-0.25, -0.2) is 9.59 Å². The van der Waals surface area contributed by atoms with E-state index in [4.69, 9.17) is 9.47 Å². The average molecular weight is 355 g/mol. The van der Waals surface area contributed by atoms with Gasteiger partial charge in [-0.05, 0) is 32.6 Å². The summed E-state index contributed by atoms with van der Waals surface area (Å²) in [4.78, 5) is 24.6. The molecule has 0 aromatic carbocycles. The Hall–Kier alpha value is -1.32. The van der Waals surface area contributed by atoms with Gasteiger partial charge in [-0.3, -0.25) is 0 Å². The van der Waals surface area contributed by atoms with Gasteiger partial charge in [0.05, 0.1) is 13.2 Å². The largest absolute Gasteiger partial charge is 0.462 e. The first-order valence-corrected chi connectivity index (χ1v) is 10.1. The van der Waals surface area contributed by atoms with Crippen molar-refractivity contribution in [3.05, 3.63) is 11.1 Å². The summed E-state index contributed by atoms with van der Waals surface area (Å²) in [5, 5.41) is 0. The van der Waals surface area contributed by atoms with Crippen molar-refractivity contribution in [2.24, 2.45) is 0 Å². The Morgan fingerprint density at radius 3 is 1.68 bits per heavy atom. The first-order valence-electron chi connectivity index (χ1n) is 10.1. The van der Waals surface area contributed by atoms with E-state index in [0.29, 0.717) is 30.8 Å². The summed E-state index contributed by atoms with van der Waals surface area (Å²) < 4.78 is 10.6. The van der Waals surface area contributed by atoms with Gasteiger partial charge in [-0.15, -0.1) is 0 Å². The Bertz CT molecular complexity index is 399. The zero-order valence-corrected chi connectivity index (χ0v) is 16.8. The number of hydrogen-bond acceptors (Lipinski definition) is 4. The molecule has 0 N–H and O–H groups in total. The van der Waals surface area contributed by atoms with Crippen LogP contribution in [0.3, 0.4) is 0 Å². The minimum Gasteiger partial charge on any atom is -0.462 e. The molecule has 0 fully saturated rings. The van der Waals surface area contributed by atoms with Crippen LogP contribution in [-0.4, -0.2) is 25.2 Å². The van der Waals surface area contributed by atoms with Gasteiger partial charge in [0, 0.05) is 11.1 Å². The van der Waals surface area contributed by atoms with E-state index in [1.54, 1.807) is 6.92 Å². The van der Waals surface area contributed by atoms with Crippen molar-refractivity contribution in [3.63, 3.8) is 0 Å². The molecule has 0 amide bonds. The molecule has 146 valence electrons. The SMILES string of the molecule is CCCCCCCCC(C(=O)OCCCC)=C(C)C(=O)OCCCC. The summed E-state index contributed by atoms with van der Waals surface area (Å²) in [6.07, 6.45) is 11.1. The molecule has 0 aliphatic heterocycles. The molecule has 0 radical (unpaired) electrons. The summed E-state index contributed by atoms with van der Waals surface area (Å²) in [6, 6.07) is 0. The van der Waals surface area contributed by atoms with Crippen molar-refractivity contribution in [3.8, 4) is 0 Å². The number of esters is 2. The first kappa shape index (κ1) is 23.7. The molecule has 4 heteroatoms. The Morgan fingerprint density at radius 1 is 0.640 bits per heavy atom. The Labute approximate surface area is 154 Å². The summed E-state index contributed by atoms with van der Waals surface area (Å²) >= 11 is 0. The van der Waals surface area contributed by atoms with E-state index in [2.05, 4.69) is 13.8 Å². The number of carbonyl (C=O) groups excluding carboxylic acids is 2. The second-order valence-corrected chi connectivity index (χ2v) is 6.60. The number of ether oxygens (including phenoxy) is 2. The molecule has 0 bridgehead atoms. The van der Waals surface area contributed by atoms with E-state index in [9.17, 15) is 9.59 Å². The molecule has 0 heterocycles. The summed E-state index contributed by atoms with van der Waals surface area (Å²) in [7, 11) is 0. The van der Waals surface area contributed by atoms with Crippen LogP contribution in [0, 0.1) is 0 Å². The molecule has 0 aliphatic carbocycles. The summed E-state index contributed by atoms with van der Waals surface area (Å²) in [6.45, 7) is 8.79. The molecule has 0 saturated heterocycles. The minimum atomic E-state index is -0.387. The lowest BCUT2D eigenvalue weighted by molar-refractivity contribution is -0.142. The van der Waals surface area contributed by atoms with E-state index >= 15 is 0 Å². The number of hydrogen-bond donors (Lipinski definition) is 0. The third-order valence-electron chi connectivity index (χ3n) is 4.25. The predicted octanol–water partition coefficient (Wildman–Crippen LogP) is 5.74. The minimum absolute atomic E-state index is 0.355. The topological polar surface area (TPSA) is 52.6 Å². The second-order valence-electron chi connectivity index (χ2n) is 6.60. The summed E-state index contributed by atoms with van der Waals surface area (Å²) in [5.74, 6) is -0.742. The lowest BCUT2D eigenvalue weighted by atomic mass is 10.0. The second kappa shape index (κ2) is 16.2. The van der Waals surface area contributed by atoms with E-state index in [1.807, 2.05) is 6.92 Å². The summed E-state index contributed by atoms with van der Waals surface area (Å²) in [5.41, 5.74) is 0.902. The third kappa shape index (κ3) is 11.8. The maximum atomic E-state index is 12.4. The average Bonchev–Trinajstić information content (AvgIpc) is 2.60. The van der Waals surface area contributed by atoms with Crippen molar-refractivity contribution in [2.45, 2.75) is 98.3 Å². The van der Waals surface area contributed by atoms with E-state index < -0.39 is 0 Å². The van der Waals surface area contributed by atoms with E-state index in [-0.39, 0.29) is 11.9 Å². The standard InChI is InChI=1S/C21H38O4/c1-5-8-11-12-13-14-15-19(21(23)25-17-10-7-3)18(4)20(22)24-16-9-6-2/h5-17H2,1-4H3. The van der Waals surface area contributed by atoms with Crippen molar-refractivity contribution >= 4 is 11.9 Å². The van der Waals surface area contributed by atoms with Crippen LogP contribution in [0.4, 0.5) is 0 Å². The number of unbranched alkanes of at least 4 members (excludes halogenated alkanes) is 7. The van der Waals surface area contributed by atoms with Crippen molar-refractivity contribution < 1.29 is 19.1 Å². The molecule has 0 unspecified atom stereocenters. The van der Waals surface area contributed by atoms with E-state index in [0.717, 1.165) is 38.5 Å². The normalized spacial score (nSPS) is 11.8. The molecule has 25 heavy (non-hydrogen) atoms. The zero-order chi connectivity index (χ0) is 18.9. The predicted molar refractivity (Wildman–Crippen MR) is 102 cm³/mol. The van der Waals surface area contributed by atoms with Gasteiger partial charge < -0.3 is 9.47 Å². The molecule has 0 spiro atoms. The molecule has 0 saturated carbocycles. The highest BCUT2D eigenvalue weighted by Gasteiger charge is 2.19. The first-order chi connectivity index (χ1) is 12.1. The van der Waals surface area contributed by atoms with Gasteiger partial charge in [0.25, 0.3) is 0 Å². The lowest BCUT2D eigenvalue weighted by Gasteiger charge is -2.12. The number of rotatable bonds is 15. The van der Waals surface area contributed by atoms with Gasteiger partial charge in [0.2, 0.25) is 0 Å². The van der Waals surface area contributed by atoms with Crippen LogP contribution in [0.5, 0.6) is 0 Å². The fraction of sp³-hybridized carbons (Fsp3) is 0.810. The van der Waals surface area contributed by atoms with Crippen LogP contribution in [-0.2, 0) is 19.1 Å². The molecule has 0 aromatic rings. The highest BCUT2D eigenvalue weighted by molar-refractivity contribution is 5.99. The molecular weight excluding hydrogens is 316 g/mol. The monoisotopic (exact) mass is 354 g/mol. The van der Waals surface area contributed by atoms with Gasteiger partial charge in [-0.2, -0.15) is 0 Å². The molecule has 4 nitrogen and oxygen atoms in total. The quantitative estimate of drug-likeness (QED) is 0.214. The Morgan fingerprint density at radius 2 is 1.12 bits per heavy atom. The van der Waals surface area contributed by atoms with Gasteiger partial charge >= 0.3 is 11.9 Å². The van der Waals surface area contributed by atoms with Gasteiger partial charge in [0.15, 0.2) is 0 Å². The molecule has 0 aliphatic rings. The highest BCUT2D eigenvalue weighted by atomic mass is 16.5. The Balaban J connectivity index is 4.70. The Kier molecular flexibility index (Phi) is 15.3. The maximum absolute atomic E-state index is 12.4. The molecule has 0 aromatic heterocycles. The molecule has 0 rings (SSSR count). The lowest BCUT2D eigenvalue weighted by Crippen LogP contribution is -2.16. The van der Waals surface area contributed by atoms with Crippen LogP contribution in [0.25, 0.3) is 0 Å². The van der Waals surface area contributed by atoms with Gasteiger partial charge in [-0.1, -0.05) is 65.7 Å². The van der Waals surface area contributed by atoms with Gasteiger partial charge in [0.1, 0.15) is 0 Å². The van der Waals surface area contributed by atoms with Crippen molar-refractivity contribution in [1.29, 1.82) is 0 Å². The number of carbonyl (C=O) groups is 2. The van der Waals surface area contributed by atoms with Crippen LogP contribution < -0.4 is 0 Å². The van der Waals surface area contributed by atoms with Crippen molar-refractivity contribution in [1.82, 2.24) is 0 Å². The van der Waals surface area contributed by atoms with Crippen LogP contribution in [0.1, 0.15) is 98.3 Å².